The summed E-state index contributed by atoms with van der Waals surface area (Å²) in [4.78, 5) is 11.5. The minimum atomic E-state index is 0.481. The molecule has 0 bridgehead atoms. The van der Waals surface area contributed by atoms with Gasteiger partial charge in [0.05, 0.1) is 0 Å². The van der Waals surface area contributed by atoms with Crippen molar-refractivity contribution in [3.8, 4) is 0 Å². The first-order valence-corrected chi connectivity index (χ1v) is 7.64. The Hall–Kier alpha value is -1.16. The molecule has 1 saturated carbocycles. The van der Waals surface area contributed by atoms with Crippen LogP contribution in [-0.2, 0) is 0 Å². The molecule has 1 unspecified atom stereocenters. The largest absolute Gasteiger partial charge is 0.336 e. The third kappa shape index (κ3) is 2.89. The molecule has 1 aromatic heterocycles. The highest BCUT2D eigenvalue weighted by Gasteiger charge is 2.21. The summed E-state index contributed by atoms with van der Waals surface area (Å²) in [6, 6.07) is 0.481. The maximum Gasteiger partial charge on any atom is 0.225 e. The topological polar surface area (TPSA) is 41.0 Å². The second kappa shape index (κ2) is 5.87. The maximum absolute atomic E-state index is 4.62. The molecule has 1 saturated heterocycles. The van der Waals surface area contributed by atoms with Gasteiger partial charge in [-0.05, 0) is 31.2 Å². The van der Waals surface area contributed by atoms with Crippen molar-refractivity contribution in [1.29, 1.82) is 0 Å². The number of hydrogen-bond acceptors (Lipinski definition) is 4. The Bertz CT molecular complexity index is 397. The SMILES string of the molecule is CC1CNCCN1c1ncc(C2CCCCC2)cn1. The molecule has 1 N–H and O–H groups in total. The van der Waals surface area contributed by atoms with Gasteiger partial charge in [-0.3, -0.25) is 0 Å². The summed E-state index contributed by atoms with van der Waals surface area (Å²) in [5, 5.41) is 3.40. The normalized spacial score (nSPS) is 25.5. The molecule has 1 aromatic rings. The van der Waals surface area contributed by atoms with E-state index in [0.29, 0.717) is 12.0 Å². The third-order valence-corrected chi connectivity index (χ3v) is 4.49. The number of hydrogen-bond donors (Lipinski definition) is 1. The van der Waals surface area contributed by atoms with Crippen LogP contribution in [0.2, 0.25) is 0 Å². The minimum Gasteiger partial charge on any atom is -0.336 e. The fourth-order valence-corrected chi connectivity index (χ4v) is 3.26. The quantitative estimate of drug-likeness (QED) is 0.886. The van der Waals surface area contributed by atoms with Crippen LogP contribution < -0.4 is 10.2 Å². The van der Waals surface area contributed by atoms with E-state index < -0.39 is 0 Å². The average molecular weight is 260 g/mol. The zero-order valence-electron chi connectivity index (χ0n) is 11.8. The highest BCUT2D eigenvalue weighted by Crippen LogP contribution is 2.32. The van der Waals surface area contributed by atoms with Gasteiger partial charge < -0.3 is 10.2 Å². The van der Waals surface area contributed by atoms with Crippen LogP contribution in [0.5, 0.6) is 0 Å². The third-order valence-electron chi connectivity index (χ3n) is 4.49. The van der Waals surface area contributed by atoms with Crippen molar-refractivity contribution < 1.29 is 0 Å². The predicted molar refractivity (Wildman–Crippen MR) is 77.5 cm³/mol. The summed E-state index contributed by atoms with van der Waals surface area (Å²) in [5.74, 6) is 1.59. The van der Waals surface area contributed by atoms with Gasteiger partial charge in [-0.2, -0.15) is 0 Å². The first-order valence-electron chi connectivity index (χ1n) is 7.64. The molecule has 2 heterocycles. The van der Waals surface area contributed by atoms with E-state index in [1.807, 2.05) is 0 Å². The van der Waals surface area contributed by atoms with Crippen LogP contribution in [-0.4, -0.2) is 35.6 Å². The van der Waals surface area contributed by atoms with Crippen molar-refractivity contribution in [1.82, 2.24) is 15.3 Å². The molecule has 2 fully saturated rings. The standard InChI is InChI=1S/C15H24N4/c1-12-9-16-7-8-19(12)15-17-10-14(11-18-15)13-5-3-2-4-6-13/h10-13,16H,2-9H2,1H3. The van der Waals surface area contributed by atoms with E-state index in [-0.39, 0.29) is 0 Å². The van der Waals surface area contributed by atoms with Crippen LogP contribution in [0.4, 0.5) is 5.95 Å². The summed E-state index contributed by atoms with van der Waals surface area (Å²) in [7, 11) is 0. The molecule has 1 atom stereocenters. The molecule has 3 rings (SSSR count). The van der Waals surface area contributed by atoms with E-state index in [2.05, 4.69) is 39.5 Å². The molecule has 1 aliphatic carbocycles. The predicted octanol–water partition coefficient (Wildman–Crippen LogP) is 2.32. The molecule has 1 aliphatic heterocycles. The molecule has 0 aromatic carbocycles. The minimum absolute atomic E-state index is 0.481. The lowest BCUT2D eigenvalue weighted by Gasteiger charge is -2.34. The molecule has 19 heavy (non-hydrogen) atoms. The van der Waals surface area contributed by atoms with Crippen LogP contribution in [0.15, 0.2) is 12.4 Å². The van der Waals surface area contributed by atoms with Crippen LogP contribution in [0.3, 0.4) is 0 Å². The summed E-state index contributed by atoms with van der Waals surface area (Å²) >= 11 is 0. The van der Waals surface area contributed by atoms with E-state index in [0.717, 1.165) is 25.6 Å². The summed E-state index contributed by atoms with van der Waals surface area (Å²) < 4.78 is 0. The molecular formula is C15H24N4. The molecular weight excluding hydrogens is 236 g/mol. The van der Waals surface area contributed by atoms with Crippen molar-refractivity contribution in [3.05, 3.63) is 18.0 Å². The van der Waals surface area contributed by atoms with Gasteiger partial charge in [0.25, 0.3) is 0 Å². The van der Waals surface area contributed by atoms with E-state index in [1.165, 1.54) is 37.7 Å². The Balaban J connectivity index is 1.70. The van der Waals surface area contributed by atoms with Gasteiger partial charge in [0, 0.05) is 38.1 Å². The van der Waals surface area contributed by atoms with Crippen molar-refractivity contribution in [2.75, 3.05) is 24.5 Å². The van der Waals surface area contributed by atoms with Crippen LogP contribution in [0.25, 0.3) is 0 Å². The number of anilines is 1. The Morgan fingerprint density at radius 3 is 2.58 bits per heavy atom. The summed E-state index contributed by atoms with van der Waals surface area (Å²) in [5.41, 5.74) is 1.34. The van der Waals surface area contributed by atoms with E-state index in [9.17, 15) is 0 Å². The van der Waals surface area contributed by atoms with E-state index in [4.69, 9.17) is 0 Å². The number of nitrogens with zero attached hydrogens (tertiary/aromatic N) is 3. The average Bonchev–Trinajstić information content (AvgIpc) is 2.49. The lowest BCUT2D eigenvalue weighted by molar-refractivity contribution is 0.441. The smallest absolute Gasteiger partial charge is 0.225 e. The highest BCUT2D eigenvalue weighted by molar-refractivity contribution is 5.33. The fourth-order valence-electron chi connectivity index (χ4n) is 3.26. The van der Waals surface area contributed by atoms with E-state index in [1.54, 1.807) is 0 Å². The molecule has 0 spiro atoms. The monoisotopic (exact) mass is 260 g/mol. The Morgan fingerprint density at radius 1 is 1.16 bits per heavy atom. The van der Waals surface area contributed by atoms with Crippen molar-refractivity contribution in [2.45, 2.75) is 51.0 Å². The Morgan fingerprint density at radius 2 is 1.89 bits per heavy atom. The van der Waals surface area contributed by atoms with Crippen molar-refractivity contribution >= 4 is 5.95 Å². The molecule has 104 valence electrons. The van der Waals surface area contributed by atoms with Gasteiger partial charge in [-0.15, -0.1) is 0 Å². The van der Waals surface area contributed by atoms with Gasteiger partial charge in [0.2, 0.25) is 5.95 Å². The molecule has 0 amide bonds. The lowest BCUT2D eigenvalue weighted by Crippen LogP contribution is -2.50. The summed E-state index contributed by atoms with van der Waals surface area (Å²) in [6.45, 7) is 5.28. The Labute approximate surface area is 115 Å². The van der Waals surface area contributed by atoms with Crippen molar-refractivity contribution in [3.63, 3.8) is 0 Å². The first kappa shape index (κ1) is 12.9. The molecule has 0 radical (unpaired) electrons. The zero-order chi connectivity index (χ0) is 13.1. The fraction of sp³-hybridized carbons (Fsp3) is 0.733. The van der Waals surface area contributed by atoms with Gasteiger partial charge in [-0.25, -0.2) is 9.97 Å². The van der Waals surface area contributed by atoms with Gasteiger partial charge in [0.15, 0.2) is 0 Å². The van der Waals surface area contributed by atoms with Gasteiger partial charge in [0.1, 0.15) is 0 Å². The van der Waals surface area contributed by atoms with E-state index >= 15 is 0 Å². The van der Waals surface area contributed by atoms with Crippen LogP contribution in [0, 0.1) is 0 Å². The van der Waals surface area contributed by atoms with Gasteiger partial charge >= 0.3 is 0 Å². The van der Waals surface area contributed by atoms with Gasteiger partial charge in [-0.1, -0.05) is 19.3 Å². The number of rotatable bonds is 2. The molecule has 4 heteroatoms. The number of nitrogens with one attached hydrogen (secondary N) is 1. The van der Waals surface area contributed by atoms with Crippen molar-refractivity contribution in [2.24, 2.45) is 0 Å². The second-order valence-corrected chi connectivity index (χ2v) is 5.90. The first-order chi connectivity index (χ1) is 9.34. The second-order valence-electron chi connectivity index (χ2n) is 5.90. The van der Waals surface area contributed by atoms with Crippen LogP contribution in [0.1, 0.15) is 50.5 Å². The number of piperazine rings is 1. The maximum atomic E-state index is 4.62. The number of aromatic nitrogens is 2. The van der Waals surface area contributed by atoms with Crippen LogP contribution >= 0.6 is 0 Å². The molecule has 4 nitrogen and oxygen atoms in total. The Kier molecular flexibility index (Phi) is 3.97. The zero-order valence-corrected chi connectivity index (χ0v) is 11.8. The summed E-state index contributed by atoms with van der Waals surface area (Å²) in [6.07, 6.45) is 10.9. The molecule has 2 aliphatic rings. The lowest BCUT2D eigenvalue weighted by atomic mass is 9.85. The highest BCUT2D eigenvalue weighted by atomic mass is 15.3.